The molecule has 1 N–H and O–H groups in total. The molecule has 0 aromatic heterocycles. The molecule has 1 aromatic carbocycles. The number of carbonyl (C=O) groups excluding carboxylic acids is 2. The van der Waals surface area contributed by atoms with E-state index in [9.17, 15) is 18.0 Å². The number of nitrogens with one attached hydrogen (secondary N) is 1. The average molecular weight is 320 g/mol. The topological polar surface area (TPSA) is 89.5 Å². The van der Waals surface area contributed by atoms with Crippen molar-refractivity contribution in [3.63, 3.8) is 0 Å². The minimum atomic E-state index is -3.72. The highest BCUT2D eigenvalue weighted by atomic mass is 35.5. The summed E-state index contributed by atoms with van der Waals surface area (Å²) in [5.41, 5.74) is 0. The molecule has 0 radical (unpaired) electrons. The number of ketones is 1. The fraction of sp³-hybridized carbons (Fsp3) is 0.333. The first-order valence-electron chi connectivity index (χ1n) is 5.71. The van der Waals surface area contributed by atoms with E-state index in [-0.39, 0.29) is 30.3 Å². The Hall–Kier alpha value is -1.44. The first-order chi connectivity index (χ1) is 9.31. The molecule has 8 heteroatoms. The molecule has 0 spiro atoms. The molecule has 0 amide bonds. The van der Waals surface area contributed by atoms with Gasteiger partial charge in [-0.3, -0.25) is 9.59 Å². The molecule has 0 aliphatic rings. The number of ether oxygens (including phenoxy) is 1. The third-order valence-electron chi connectivity index (χ3n) is 2.16. The molecule has 0 bridgehead atoms. The van der Waals surface area contributed by atoms with Crippen LogP contribution in [0.4, 0.5) is 0 Å². The van der Waals surface area contributed by atoms with Crippen molar-refractivity contribution in [1.29, 1.82) is 0 Å². The highest BCUT2D eigenvalue weighted by molar-refractivity contribution is 7.89. The standard InChI is InChI=1S/C12H14ClNO5S/c1-9(15)8-19-12(16)5-6-14-20(17,18)11-4-2-3-10(13)7-11/h2-4,7,14H,5-6,8H2,1H3. The van der Waals surface area contributed by atoms with Crippen LogP contribution in [-0.4, -0.2) is 33.3 Å². The number of sulfonamides is 1. The summed E-state index contributed by atoms with van der Waals surface area (Å²) in [7, 11) is -3.72. The number of halogens is 1. The van der Waals surface area contributed by atoms with Gasteiger partial charge in [0.2, 0.25) is 10.0 Å². The van der Waals surface area contributed by atoms with Gasteiger partial charge in [0.25, 0.3) is 0 Å². The minimum absolute atomic E-state index is 0.0158. The molecule has 6 nitrogen and oxygen atoms in total. The molecule has 0 aliphatic carbocycles. The second-order valence-corrected chi connectivity index (χ2v) is 6.17. The third kappa shape index (κ3) is 5.68. The smallest absolute Gasteiger partial charge is 0.307 e. The lowest BCUT2D eigenvalue weighted by atomic mass is 10.4. The van der Waals surface area contributed by atoms with Crippen molar-refractivity contribution in [3.8, 4) is 0 Å². The van der Waals surface area contributed by atoms with E-state index in [0.29, 0.717) is 5.02 Å². The lowest BCUT2D eigenvalue weighted by Gasteiger charge is -2.07. The van der Waals surface area contributed by atoms with Crippen LogP contribution in [0.25, 0.3) is 0 Å². The molecule has 0 fully saturated rings. The van der Waals surface area contributed by atoms with E-state index in [1.54, 1.807) is 6.07 Å². The maximum Gasteiger partial charge on any atom is 0.307 e. The Labute approximate surface area is 122 Å². The van der Waals surface area contributed by atoms with Gasteiger partial charge in [0.15, 0.2) is 5.78 Å². The maximum atomic E-state index is 11.9. The molecule has 1 rings (SSSR count). The number of hydrogen-bond acceptors (Lipinski definition) is 5. The Morgan fingerprint density at radius 3 is 2.65 bits per heavy atom. The van der Waals surface area contributed by atoms with E-state index in [1.165, 1.54) is 25.1 Å². The third-order valence-corrected chi connectivity index (χ3v) is 3.86. The predicted molar refractivity (Wildman–Crippen MR) is 72.9 cm³/mol. The summed E-state index contributed by atoms with van der Waals surface area (Å²) in [5.74, 6) is -0.924. The van der Waals surface area contributed by atoms with Crippen LogP contribution in [0.3, 0.4) is 0 Å². The highest BCUT2D eigenvalue weighted by Crippen LogP contribution is 2.14. The van der Waals surface area contributed by atoms with Crippen LogP contribution < -0.4 is 4.72 Å². The van der Waals surface area contributed by atoms with E-state index in [4.69, 9.17) is 11.6 Å². The predicted octanol–water partition coefficient (Wildman–Crippen LogP) is 1.14. The molecule has 0 saturated heterocycles. The Bertz CT molecular complexity index is 600. The van der Waals surface area contributed by atoms with E-state index in [0.717, 1.165) is 0 Å². The fourth-order valence-electron chi connectivity index (χ4n) is 1.26. The van der Waals surface area contributed by atoms with Crippen LogP contribution in [-0.2, 0) is 24.3 Å². The first kappa shape index (κ1) is 16.6. The second kappa shape index (κ2) is 7.37. The average Bonchev–Trinajstić information content (AvgIpc) is 2.36. The van der Waals surface area contributed by atoms with Crippen LogP contribution >= 0.6 is 11.6 Å². The van der Waals surface area contributed by atoms with E-state index >= 15 is 0 Å². The first-order valence-corrected chi connectivity index (χ1v) is 7.57. The molecule has 0 heterocycles. The largest absolute Gasteiger partial charge is 0.458 e. The van der Waals surface area contributed by atoms with Crippen LogP contribution in [0, 0.1) is 0 Å². The summed E-state index contributed by atoms with van der Waals surface area (Å²) in [6, 6.07) is 5.76. The molecular formula is C12H14ClNO5S. The molecule has 20 heavy (non-hydrogen) atoms. The zero-order chi connectivity index (χ0) is 15.2. The quantitative estimate of drug-likeness (QED) is 0.761. The molecule has 1 aromatic rings. The van der Waals surface area contributed by atoms with E-state index in [2.05, 4.69) is 9.46 Å². The number of hydrogen-bond donors (Lipinski definition) is 1. The summed E-state index contributed by atoms with van der Waals surface area (Å²) in [4.78, 5) is 21.8. The van der Waals surface area contributed by atoms with Gasteiger partial charge in [-0.2, -0.15) is 0 Å². The Balaban J connectivity index is 2.48. The van der Waals surface area contributed by atoms with Gasteiger partial charge in [-0.25, -0.2) is 13.1 Å². The van der Waals surface area contributed by atoms with Crippen molar-refractivity contribution in [1.82, 2.24) is 4.72 Å². The highest BCUT2D eigenvalue weighted by Gasteiger charge is 2.14. The lowest BCUT2D eigenvalue weighted by molar-refractivity contribution is -0.147. The molecular weight excluding hydrogens is 306 g/mol. The monoisotopic (exact) mass is 319 g/mol. The van der Waals surface area contributed by atoms with Crippen molar-refractivity contribution in [3.05, 3.63) is 29.3 Å². The molecule has 0 saturated carbocycles. The zero-order valence-electron chi connectivity index (χ0n) is 10.8. The molecule has 0 aliphatic heterocycles. The van der Waals surface area contributed by atoms with Crippen LogP contribution in [0.1, 0.15) is 13.3 Å². The van der Waals surface area contributed by atoms with Crippen LogP contribution in [0.15, 0.2) is 29.2 Å². The van der Waals surface area contributed by atoms with Gasteiger partial charge in [0, 0.05) is 11.6 Å². The maximum absolute atomic E-state index is 11.9. The van der Waals surface area contributed by atoms with Gasteiger partial charge < -0.3 is 4.74 Å². The molecule has 0 atom stereocenters. The number of Topliss-reactive ketones (excluding diaryl/α,β-unsaturated/α-hetero) is 1. The molecule has 0 unspecified atom stereocenters. The summed E-state index contributed by atoms with van der Waals surface area (Å²) in [5, 5.41) is 0.300. The number of benzene rings is 1. The van der Waals surface area contributed by atoms with Gasteiger partial charge in [-0.05, 0) is 25.1 Å². The van der Waals surface area contributed by atoms with Gasteiger partial charge in [-0.15, -0.1) is 0 Å². The van der Waals surface area contributed by atoms with Gasteiger partial charge >= 0.3 is 5.97 Å². The van der Waals surface area contributed by atoms with Gasteiger partial charge in [0.1, 0.15) is 6.61 Å². The summed E-state index contributed by atoms with van der Waals surface area (Å²) in [6.45, 7) is 0.862. The zero-order valence-corrected chi connectivity index (χ0v) is 12.3. The summed E-state index contributed by atoms with van der Waals surface area (Å²) < 4.78 is 30.6. The minimum Gasteiger partial charge on any atom is -0.458 e. The van der Waals surface area contributed by atoms with Crippen molar-refractivity contribution in [2.75, 3.05) is 13.2 Å². The summed E-state index contributed by atoms with van der Waals surface area (Å²) in [6.07, 6.45) is -0.160. The second-order valence-electron chi connectivity index (χ2n) is 3.97. The SMILES string of the molecule is CC(=O)COC(=O)CCNS(=O)(=O)c1cccc(Cl)c1. The van der Waals surface area contributed by atoms with E-state index in [1.807, 2.05) is 0 Å². The summed E-state index contributed by atoms with van der Waals surface area (Å²) >= 11 is 5.71. The normalized spacial score (nSPS) is 11.1. The van der Waals surface area contributed by atoms with Crippen molar-refractivity contribution in [2.24, 2.45) is 0 Å². The number of carbonyl (C=O) groups is 2. The van der Waals surface area contributed by atoms with Gasteiger partial charge in [-0.1, -0.05) is 17.7 Å². The Kier molecular flexibility index (Phi) is 6.12. The fourth-order valence-corrected chi connectivity index (χ4v) is 2.59. The van der Waals surface area contributed by atoms with Crippen molar-refractivity contribution >= 4 is 33.4 Å². The Morgan fingerprint density at radius 2 is 2.05 bits per heavy atom. The van der Waals surface area contributed by atoms with Gasteiger partial charge in [0.05, 0.1) is 11.3 Å². The van der Waals surface area contributed by atoms with Crippen LogP contribution in [0.5, 0.6) is 0 Å². The number of esters is 1. The lowest BCUT2D eigenvalue weighted by Crippen LogP contribution is -2.27. The van der Waals surface area contributed by atoms with Crippen molar-refractivity contribution < 1.29 is 22.7 Å². The Morgan fingerprint density at radius 1 is 1.35 bits per heavy atom. The molecule has 110 valence electrons. The number of rotatable bonds is 7. The van der Waals surface area contributed by atoms with Crippen LogP contribution in [0.2, 0.25) is 5.02 Å². The van der Waals surface area contributed by atoms with Crippen molar-refractivity contribution in [2.45, 2.75) is 18.2 Å². The van der Waals surface area contributed by atoms with E-state index < -0.39 is 16.0 Å².